The quantitative estimate of drug-likeness (QED) is 0.389. The molecule has 164 valence electrons. The first-order valence-electron chi connectivity index (χ1n) is 9.90. The fourth-order valence-electron chi connectivity index (χ4n) is 3.51. The molecule has 0 atom stereocenters. The van der Waals surface area contributed by atoms with Gasteiger partial charge in [-0.3, -0.25) is 0 Å². The van der Waals surface area contributed by atoms with Crippen molar-refractivity contribution in [2.24, 2.45) is 0 Å². The third-order valence-electron chi connectivity index (χ3n) is 4.94. The van der Waals surface area contributed by atoms with Gasteiger partial charge in [0.15, 0.2) is 5.65 Å². The first-order valence-corrected chi connectivity index (χ1v) is 10.7. The van der Waals surface area contributed by atoms with Crippen molar-refractivity contribution >= 4 is 40.5 Å². The van der Waals surface area contributed by atoms with Crippen LogP contribution in [0, 0.1) is 0 Å². The lowest BCUT2D eigenvalue weighted by atomic mass is 10.1. The molecule has 0 saturated carbocycles. The standard InChI is InChI=1S/C21H22Cl2N4O4/c1-29-5-2-6-31-21(28)17-12-25-27-18(14-9-15(22)11-16(23)10-14)13-24-20(27)19(17)26-3-7-30-8-4-26/h9-13H,2-8H2,1H3. The number of aromatic nitrogens is 3. The Labute approximate surface area is 189 Å². The van der Waals surface area contributed by atoms with E-state index in [-0.39, 0.29) is 6.61 Å². The van der Waals surface area contributed by atoms with Crippen LogP contribution in [0.4, 0.5) is 5.69 Å². The van der Waals surface area contributed by atoms with Crippen molar-refractivity contribution in [3.63, 3.8) is 0 Å². The van der Waals surface area contributed by atoms with E-state index in [1.165, 1.54) is 6.20 Å². The van der Waals surface area contributed by atoms with Crippen LogP contribution in [0.2, 0.25) is 10.0 Å². The number of ether oxygens (including phenoxy) is 3. The van der Waals surface area contributed by atoms with Gasteiger partial charge in [0.2, 0.25) is 0 Å². The molecule has 1 aliphatic heterocycles. The number of carbonyl (C=O) groups is 1. The maximum absolute atomic E-state index is 12.8. The Morgan fingerprint density at radius 3 is 2.58 bits per heavy atom. The van der Waals surface area contributed by atoms with Gasteiger partial charge in [0.1, 0.15) is 5.56 Å². The highest BCUT2D eigenvalue weighted by Crippen LogP contribution is 2.32. The molecule has 8 nitrogen and oxygen atoms in total. The fraction of sp³-hybridized carbons (Fsp3) is 0.381. The summed E-state index contributed by atoms with van der Waals surface area (Å²) >= 11 is 12.4. The molecule has 1 aromatic carbocycles. The number of halogens is 2. The number of hydrogen-bond donors (Lipinski definition) is 0. The van der Waals surface area contributed by atoms with E-state index in [0.717, 1.165) is 5.56 Å². The molecule has 0 amide bonds. The molecule has 3 heterocycles. The molecule has 0 N–H and O–H groups in total. The molecule has 0 aliphatic carbocycles. The molecular formula is C21H22Cl2N4O4. The van der Waals surface area contributed by atoms with Gasteiger partial charge in [-0.05, 0) is 18.2 Å². The molecule has 0 spiro atoms. The summed E-state index contributed by atoms with van der Waals surface area (Å²) in [5.74, 6) is -0.442. The highest BCUT2D eigenvalue weighted by Gasteiger charge is 2.26. The van der Waals surface area contributed by atoms with Gasteiger partial charge in [0.05, 0.1) is 43.6 Å². The molecular weight excluding hydrogens is 443 g/mol. The zero-order valence-electron chi connectivity index (χ0n) is 17.0. The maximum atomic E-state index is 12.8. The van der Waals surface area contributed by atoms with E-state index in [1.54, 1.807) is 36.0 Å². The monoisotopic (exact) mass is 464 g/mol. The summed E-state index contributed by atoms with van der Waals surface area (Å²) < 4.78 is 17.6. The van der Waals surface area contributed by atoms with E-state index in [9.17, 15) is 4.79 Å². The smallest absolute Gasteiger partial charge is 0.342 e. The average molecular weight is 465 g/mol. The van der Waals surface area contributed by atoms with Gasteiger partial charge in [-0.15, -0.1) is 0 Å². The molecule has 3 aromatic rings. The number of benzene rings is 1. The van der Waals surface area contributed by atoms with Crippen molar-refractivity contribution in [3.8, 4) is 11.3 Å². The Morgan fingerprint density at radius 1 is 1.13 bits per heavy atom. The summed E-state index contributed by atoms with van der Waals surface area (Å²) in [6.45, 7) is 3.18. The number of anilines is 1. The molecule has 1 aliphatic rings. The number of imidazole rings is 1. The first-order chi connectivity index (χ1) is 15.1. The summed E-state index contributed by atoms with van der Waals surface area (Å²) in [4.78, 5) is 19.5. The summed E-state index contributed by atoms with van der Waals surface area (Å²) in [6, 6.07) is 5.26. The number of carbonyl (C=O) groups excluding carboxylic acids is 1. The van der Waals surface area contributed by atoms with E-state index < -0.39 is 5.97 Å². The number of methoxy groups -OCH3 is 1. The lowest BCUT2D eigenvalue weighted by Gasteiger charge is -2.30. The second-order valence-electron chi connectivity index (χ2n) is 7.03. The average Bonchev–Trinajstić information content (AvgIpc) is 3.20. The summed E-state index contributed by atoms with van der Waals surface area (Å²) in [7, 11) is 1.61. The zero-order valence-corrected chi connectivity index (χ0v) is 18.5. The predicted molar refractivity (Wildman–Crippen MR) is 118 cm³/mol. The largest absolute Gasteiger partial charge is 0.462 e. The lowest BCUT2D eigenvalue weighted by Crippen LogP contribution is -2.37. The predicted octanol–water partition coefficient (Wildman–Crippen LogP) is 3.73. The maximum Gasteiger partial charge on any atom is 0.342 e. The molecule has 1 fully saturated rings. The zero-order chi connectivity index (χ0) is 21.8. The van der Waals surface area contributed by atoms with Crippen molar-refractivity contribution in [1.82, 2.24) is 14.6 Å². The molecule has 0 unspecified atom stereocenters. The van der Waals surface area contributed by atoms with Crippen molar-refractivity contribution in [1.29, 1.82) is 0 Å². The van der Waals surface area contributed by atoms with E-state index in [4.69, 9.17) is 37.4 Å². The molecule has 0 radical (unpaired) electrons. The number of morpholine rings is 1. The van der Waals surface area contributed by atoms with E-state index in [1.807, 2.05) is 0 Å². The van der Waals surface area contributed by atoms with Gasteiger partial charge < -0.3 is 19.1 Å². The highest BCUT2D eigenvalue weighted by atomic mass is 35.5. The number of nitrogens with zero attached hydrogens (tertiary/aromatic N) is 4. The Bertz CT molecular complexity index is 1060. The topological polar surface area (TPSA) is 78.2 Å². The van der Waals surface area contributed by atoms with Crippen LogP contribution in [0.1, 0.15) is 16.8 Å². The summed E-state index contributed by atoms with van der Waals surface area (Å²) in [5, 5.41) is 5.51. The van der Waals surface area contributed by atoms with E-state index in [0.29, 0.717) is 72.0 Å². The second-order valence-corrected chi connectivity index (χ2v) is 7.90. The minimum Gasteiger partial charge on any atom is -0.462 e. The minimum absolute atomic E-state index is 0.265. The summed E-state index contributed by atoms with van der Waals surface area (Å²) in [6.07, 6.45) is 3.84. The molecule has 10 heteroatoms. The highest BCUT2D eigenvalue weighted by molar-refractivity contribution is 6.35. The number of esters is 1. The van der Waals surface area contributed by atoms with Crippen molar-refractivity contribution in [3.05, 3.63) is 46.2 Å². The van der Waals surface area contributed by atoms with Crippen LogP contribution in [-0.4, -0.2) is 67.2 Å². The van der Waals surface area contributed by atoms with Gasteiger partial charge in [0, 0.05) is 48.8 Å². The third kappa shape index (κ3) is 4.77. The Balaban J connectivity index is 1.77. The number of hydrogen-bond acceptors (Lipinski definition) is 7. The van der Waals surface area contributed by atoms with Crippen LogP contribution < -0.4 is 4.90 Å². The minimum atomic E-state index is -0.442. The molecule has 1 saturated heterocycles. The van der Waals surface area contributed by atoms with Crippen LogP contribution in [-0.2, 0) is 14.2 Å². The Hall–Kier alpha value is -2.39. The van der Waals surface area contributed by atoms with Crippen molar-refractivity contribution in [2.75, 3.05) is 51.5 Å². The van der Waals surface area contributed by atoms with Crippen LogP contribution >= 0.6 is 23.2 Å². The molecule has 0 bridgehead atoms. The summed E-state index contributed by atoms with van der Waals surface area (Å²) in [5.41, 5.74) is 3.09. The van der Waals surface area contributed by atoms with Crippen molar-refractivity contribution in [2.45, 2.75) is 6.42 Å². The van der Waals surface area contributed by atoms with Gasteiger partial charge in [-0.2, -0.15) is 5.10 Å². The normalized spacial score (nSPS) is 14.2. The first kappa shape index (κ1) is 21.8. The molecule has 4 rings (SSSR count). The van der Waals surface area contributed by atoms with Gasteiger partial charge in [0.25, 0.3) is 0 Å². The van der Waals surface area contributed by atoms with Crippen LogP contribution in [0.25, 0.3) is 16.9 Å². The third-order valence-corrected chi connectivity index (χ3v) is 5.38. The molecule has 31 heavy (non-hydrogen) atoms. The number of fused-ring (bicyclic) bond motifs is 1. The van der Waals surface area contributed by atoms with Gasteiger partial charge >= 0.3 is 5.97 Å². The second kappa shape index (κ2) is 9.82. The van der Waals surface area contributed by atoms with E-state index in [2.05, 4.69) is 15.0 Å². The number of rotatable bonds is 7. The Kier molecular flexibility index (Phi) is 6.92. The lowest BCUT2D eigenvalue weighted by molar-refractivity contribution is 0.0467. The van der Waals surface area contributed by atoms with E-state index >= 15 is 0 Å². The SMILES string of the molecule is COCCCOC(=O)c1cnn2c(-c3cc(Cl)cc(Cl)c3)cnc2c1N1CCOCC1. The van der Waals surface area contributed by atoms with Gasteiger partial charge in [-0.1, -0.05) is 23.2 Å². The fourth-order valence-corrected chi connectivity index (χ4v) is 4.04. The molecule has 2 aromatic heterocycles. The Morgan fingerprint density at radius 2 is 1.87 bits per heavy atom. The van der Waals surface area contributed by atoms with Gasteiger partial charge in [-0.25, -0.2) is 14.3 Å². The van der Waals surface area contributed by atoms with Crippen molar-refractivity contribution < 1.29 is 19.0 Å². The van der Waals surface area contributed by atoms with Crippen LogP contribution in [0.5, 0.6) is 0 Å². The van der Waals surface area contributed by atoms with Crippen LogP contribution in [0.15, 0.2) is 30.6 Å². The van der Waals surface area contributed by atoms with Crippen LogP contribution in [0.3, 0.4) is 0 Å².